The van der Waals surface area contributed by atoms with E-state index in [4.69, 9.17) is 11.6 Å². The quantitative estimate of drug-likeness (QED) is 0.639. The number of aromatic nitrogens is 4. The van der Waals surface area contributed by atoms with Crippen LogP contribution in [-0.4, -0.2) is 28.6 Å². The van der Waals surface area contributed by atoms with Crippen LogP contribution < -0.4 is 4.72 Å². The average molecular weight is 444 g/mol. The maximum absolute atomic E-state index is 13.0. The molecule has 0 bridgehead atoms. The van der Waals surface area contributed by atoms with Gasteiger partial charge >= 0.3 is 6.18 Å². The summed E-state index contributed by atoms with van der Waals surface area (Å²) in [7, 11) is -4.37. The van der Waals surface area contributed by atoms with Gasteiger partial charge in [0.1, 0.15) is 4.90 Å². The molecule has 0 aliphatic heterocycles. The Morgan fingerprint density at radius 1 is 1.14 bits per heavy atom. The fourth-order valence-electron chi connectivity index (χ4n) is 2.77. The Labute approximate surface area is 168 Å². The van der Waals surface area contributed by atoms with Crippen molar-refractivity contribution in [2.75, 3.05) is 4.72 Å². The monoisotopic (exact) mass is 443 g/mol. The molecular formula is C17H13ClF3N5O2S. The van der Waals surface area contributed by atoms with Crippen molar-refractivity contribution in [1.29, 1.82) is 0 Å². The molecule has 0 atom stereocenters. The maximum Gasteiger partial charge on any atom is 0.416 e. The predicted molar refractivity (Wildman–Crippen MR) is 98.8 cm³/mol. The van der Waals surface area contributed by atoms with E-state index < -0.39 is 26.7 Å². The summed E-state index contributed by atoms with van der Waals surface area (Å²) in [4.78, 5) is -0.665. The summed E-state index contributed by atoms with van der Waals surface area (Å²) in [6.07, 6.45) is -2.79. The van der Waals surface area contributed by atoms with E-state index in [0.29, 0.717) is 17.5 Å². The van der Waals surface area contributed by atoms with Crippen LogP contribution in [-0.2, 0) is 16.2 Å². The molecule has 4 rings (SSSR count). The van der Waals surface area contributed by atoms with Crippen LogP contribution in [0.2, 0.25) is 5.02 Å². The zero-order valence-electron chi connectivity index (χ0n) is 14.6. The van der Waals surface area contributed by atoms with Crippen LogP contribution in [0.15, 0.2) is 47.4 Å². The lowest BCUT2D eigenvalue weighted by Gasteiger charge is -2.13. The SMILES string of the molecule is O=S(=O)(Nc1cccc(-c2nnnn2C2CC2)c1)c1cc(C(F)(F)F)ccc1Cl. The molecule has 1 N–H and O–H groups in total. The molecule has 29 heavy (non-hydrogen) atoms. The van der Waals surface area contributed by atoms with Crippen LogP contribution in [0.3, 0.4) is 0 Å². The second-order valence-corrected chi connectivity index (χ2v) is 8.57. The summed E-state index contributed by atoms with van der Waals surface area (Å²) in [6.45, 7) is 0. The van der Waals surface area contributed by atoms with Crippen molar-refractivity contribution in [2.45, 2.75) is 30.0 Å². The highest BCUT2D eigenvalue weighted by Crippen LogP contribution is 2.37. The van der Waals surface area contributed by atoms with Gasteiger partial charge in [-0.05, 0) is 53.6 Å². The van der Waals surface area contributed by atoms with E-state index >= 15 is 0 Å². The first-order valence-corrected chi connectivity index (χ1v) is 10.3. The molecular weight excluding hydrogens is 431 g/mol. The van der Waals surface area contributed by atoms with Gasteiger partial charge in [-0.3, -0.25) is 4.72 Å². The number of nitrogens with zero attached hydrogens (tertiary/aromatic N) is 4. The minimum atomic E-state index is -4.70. The number of nitrogens with one attached hydrogen (secondary N) is 1. The van der Waals surface area contributed by atoms with Gasteiger partial charge in [0, 0.05) is 11.3 Å². The average Bonchev–Trinajstić information content (AvgIpc) is 3.37. The summed E-state index contributed by atoms with van der Waals surface area (Å²) in [5.74, 6) is 0.477. The highest BCUT2D eigenvalue weighted by atomic mass is 35.5. The van der Waals surface area contributed by atoms with E-state index in [-0.39, 0.29) is 16.8 Å². The van der Waals surface area contributed by atoms with Gasteiger partial charge in [-0.1, -0.05) is 23.7 Å². The van der Waals surface area contributed by atoms with Crippen LogP contribution in [0.4, 0.5) is 18.9 Å². The Hall–Kier alpha value is -2.66. The molecule has 1 aromatic heterocycles. The van der Waals surface area contributed by atoms with Crippen molar-refractivity contribution in [3.8, 4) is 11.4 Å². The normalized spacial score (nSPS) is 14.8. The Morgan fingerprint density at radius 2 is 1.90 bits per heavy atom. The maximum atomic E-state index is 13.0. The summed E-state index contributed by atoms with van der Waals surface area (Å²) < 4.78 is 68.1. The number of hydrogen-bond acceptors (Lipinski definition) is 5. The van der Waals surface area contributed by atoms with E-state index in [1.54, 1.807) is 16.8 Å². The van der Waals surface area contributed by atoms with Gasteiger partial charge in [-0.25, -0.2) is 13.1 Å². The third-order valence-corrected chi connectivity index (χ3v) is 6.17. The molecule has 12 heteroatoms. The van der Waals surface area contributed by atoms with Crippen molar-refractivity contribution in [3.63, 3.8) is 0 Å². The van der Waals surface area contributed by atoms with Gasteiger partial charge in [0.25, 0.3) is 10.0 Å². The highest BCUT2D eigenvalue weighted by molar-refractivity contribution is 7.92. The first kappa shape index (κ1) is 19.6. The third-order valence-electron chi connectivity index (χ3n) is 4.31. The van der Waals surface area contributed by atoms with Crippen molar-refractivity contribution < 1.29 is 21.6 Å². The van der Waals surface area contributed by atoms with Gasteiger partial charge in [-0.2, -0.15) is 13.2 Å². The van der Waals surface area contributed by atoms with Gasteiger partial charge < -0.3 is 0 Å². The number of alkyl halides is 3. The molecule has 0 amide bonds. The Kier molecular flexibility index (Phi) is 4.74. The van der Waals surface area contributed by atoms with Crippen molar-refractivity contribution >= 4 is 27.3 Å². The van der Waals surface area contributed by atoms with Gasteiger partial charge in [0.2, 0.25) is 0 Å². The molecule has 1 aliphatic carbocycles. The molecule has 1 aliphatic rings. The van der Waals surface area contributed by atoms with Crippen molar-refractivity contribution in [3.05, 3.63) is 53.1 Å². The standard InChI is InChI=1S/C17H13ClF3N5O2S/c18-14-7-4-11(17(19,20)21)9-15(14)29(27,28)23-12-3-1-2-10(8-12)16-22-24-25-26(16)13-5-6-13/h1-4,7-9,13,23H,5-6H2. The molecule has 1 fully saturated rings. The van der Waals surface area contributed by atoms with Crippen LogP contribution in [0.25, 0.3) is 11.4 Å². The number of benzene rings is 2. The summed E-state index contributed by atoms with van der Waals surface area (Å²) >= 11 is 5.86. The van der Waals surface area contributed by atoms with Gasteiger partial charge in [-0.15, -0.1) is 5.10 Å². The predicted octanol–water partition coefficient (Wildman–Crippen LogP) is 4.15. The zero-order chi connectivity index (χ0) is 20.8. The first-order chi connectivity index (χ1) is 13.6. The van der Waals surface area contributed by atoms with Crippen LogP contribution in [0.1, 0.15) is 24.4 Å². The number of halogens is 4. The van der Waals surface area contributed by atoms with Gasteiger partial charge in [0.15, 0.2) is 5.82 Å². The zero-order valence-corrected chi connectivity index (χ0v) is 16.1. The third kappa shape index (κ3) is 4.06. The minimum Gasteiger partial charge on any atom is -0.280 e. The summed E-state index contributed by atoms with van der Waals surface area (Å²) in [5.41, 5.74) is -0.404. The van der Waals surface area contributed by atoms with Crippen LogP contribution in [0.5, 0.6) is 0 Å². The number of rotatable bonds is 5. The molecule has 0 unspecified atom stereocenters. The van der Waals surface area contributed by atoms with E-state index in [1.165, 1.54) is 12.1 Å². The molecule has 152 valence electrons. The molecule has 0 saturated heterocycles. The Balaban J connectivity index is 1.67. The molecule has 2 aromatic carbocycles. The topological polar surface area (TPSA) is 89.8 Å². The van der Waals surface area contributed by atoms with E-state index in [0.717, 1.165) is 25.0 Å². The lowest BCUT2D eigenvalue weighted by molar-refractivity contribution is -0.137. The first-order valence-electron chi connectivity index (χ1n) is 8.43. The van der Waals surface area contributed by atoms with Crippen LogP contribution >= 0.6 is 11.6 Å². The second-order valence-electron chi connectivity index (χ2n) is 6.51. The largest absolute Gasteiger partial charge is 0.416 e. The molecule has 1 saturated carbocycles. The number of tetrazole rings is 1. The van der Waals surface area contributed by atoms with E-state index in [2.05, 4.69) is 20.2 Å². The fourth-order valence-corrected chi connectivity index (χ4v) is 4.34. The number of hydrogen-bond donors (Lipinski definition) is 1. The Bertz CT molecular complexity index is 1180. The lowest BCUT2D eigenvalue weighted by atomic mass is 10.2. The van der Waals surface area contributed by atoms with E-state index in [9.17, 15) is 21.6 Å². The molecule has 1 heterocycles. The summed E-state index contributed by atoms with van der Waals surface area (Å²) in [6, 6.07) is 8.61. The van der Waals surface area contributed by atoms with Gasteiger partial charge in [0.05, 0.1) is 16.6 Å². The number of anilines is 1. The lowest BCUT2D eigenvalue weighted by Crippen LogP contribution is -2.15. The highest BCUT2D eigenvalue weighted by Gasteiger charge is 2.33. The number of sulfonamides is 1. The minimum absolute atomic E-state index is 0.140. The fraction of sp³-hybridized carbons (Fsp3) is 0.235. The Morgan fingerprint density at radius 3 is 2.59 bits per heavy atom. The summed E-state index contributed by atoms with van der Waals surface area (Å²) in [5, 5.41) is 11.3. The molecule has 0 radical (unpaired) electrons. The van der Waals surface area contributed by atoms with Crippen molar-refractivity contribution in [2.24, 2.45) is 0 Å². The molecule has 7 nitrogen and oxygen atoms in total. The van der Waals surface area contributed by atoms with E-state index in [1.807, 2.05) is 0 Å². The molecule has 3 aromatic rings. The molecule has 0 spiro atoms. The smallest absolute Gasteiger partial charge is 0.280 e. The second kappa shape index (κ2) is 6.99. The van der Waals surface area contributed by atoms with Crippen molar-refractivity contribution in [1.82, 2.24) is 20.2 Å². The van der Waals surface area contributed by atoms with Crippen LogP contribution in [0, 0.1) is 0 Å².